The van der Waals surface area contributed by atoms with Crippen molar-refractivity contribution in [1.82, 2.24) is 5.16 Å². The van der Waals surface area contributed by atoms with Gasteiger partial charge in [0.2, 0.25) is 5.96 Å². The molecule has 0 aliphatic carbocycles. The van der Waals surface area contributed by atoms with E-state index in [1.807, 2.05) is 24.3 Å². The van der Waals surface area contributed by atoms with Crippen LogP contribution in [-0.2, 0) is 0 Å². The van der Waals surface area contributed by atoms with Gasteiger partial charge in [0.1, 0.15) is 11.5 Å². The van der Waals surface area contributed by atoms with Gasteiger partial charge in [-0.3, -0.25) is 0 Å². The molecule has 0 unspecified atom stereocenters. The lowest BCUT2D eigenvalue weighted by Gasteiger charge is -1.96. The third kappa shape index (κ3) is 3.64. The van der Waals surface area contributed by atoms with Gasteiger partial charge < -0.3 is 16.0 Å². The van der Waals surface area contributed by atoms with Crippen molar-refractivity contribution in [2.45, 2.75) is 0 Å². The fourth-order valence-electron chi connectivity index (χ4n) is 2.06. The number of guanidine groups is 1. The normalized spacial score (nSPS) is 10.9. The van der Waals surface area contributed by atoms with Gasteiger partial charge in [-0.1, -0.05) is 29.4 Å². The van der Waals surface area contributed by atoms with Gasteiger partial charge in [-0.05, 0) is 29.8 Å². The van der Waals surface area contributed by atoms with Gasteiger partial charge in [-0.2, -0.15) is 5.10 Å². The zero-order chi connectivity index (χ0) is 16.9. The van der Waals surface area contributed by atoms with Gasteiger partial charge in [0.15, 0.2) is 5.76 Å². The Morgan fingerprint density at radius 1 is 1.00 bits per heavy atom. The lowest BCUT2D eigenvalue weighted by molar-refractivity contribution is 0.435. The van der Waals surface area contributed by atoms with Crippen LogP contribution in [0.1, 0.15) is 5.56 Å². The number of halogens is 1. The third-order valence-electron chi connectivity index (χ3n) is 3.23. The topological polar surface area (TPSA) is 103 Å². The van der Waals surface area contributed by atoms with Crippen molar-refractivity contribution < 1.29 is 8.91 Å². The number of hydrogen-bond donors (Lipinski definition) is 2. The van der Waals surface area contributed by atoms with E-state index in [-0.39, 0.29) is 11.8 Å². The second-order valence-electron chi connectivity index (χ2n) is 4.97. The van der Waals surface area contributed by atoms with Crippen LogP contribution < -0.4 is 11.5 Å². The number of benzene rings is 2. The largest absolute Gasteiger partial charge is 0.369 e. The molecule has 0 fully saturated rings. The van der Waals surface area contributed by atoms with E-state index in [4.69, 9.17) is 16.0 Å². The van der Waals surface area contributed by atoms with Crippen molar-refractivity contribution in [3.63, 3.8) is 0 Å². The maximum atomic E-state index is 13.0. The number of hydrogen-bond acceptors (Lipinski definition) is 4. The van der Waals surface area contributed by atoms with Crippen LogP contribution in [0, 0.1) is 5.82 Å². The summed E-state index contributed by atoms with van der Waals surface area (Å²) in [4.78, 5) is 0. The molecule has 4 N–H and O–H groups in total. The molecule has 0 saturated carbocycles. The Morgan fingerprint density at radius 2 is 1.67 bits per heavy atom. The summed E-state index contributed by atoms with van der Waals surface area (Å²) in [6, 6.07) is 15.3. The molecule has 2 aromatic carbocycles. The first-order chi connectivity index (χ1) is 11.6. The van der Waals surface area contributed by atoms with E-state index in [1.54, 1.807) is 18.2 Å². The van der Waals surface area contributed by atoms with Gasteiger partial charge in [-0.25, -0.2) is 4.39 Å². The van der Waals surface area contributed by atoms with Crippen LogP contribution in [0.4, 0.5) is 4.39 Å². The molecule has 0 spiro atoms. The summed E-state index contributed by atoms with van der Waals surface area (Å²) in [5, 5.41) is 11.3. The molecule has 1 heterocycles. The van der Waals surface area contributed by atoms with Crippen molar-refractivity contribution >= 4 is 12.2 Å². The molecule has 120 valence electrons. The number of nitrogens with two attached hydrogens (primary N) is 2. The lowest BCUT2D eigenvalue weighted by atomic mass is 10.1. The molecule has 0 aliphatic heterocycles. The fraction of sp³-hybridized carbons (Fsp3) is 0. The van der Waals surface area contributed by atoms with E-state index in [1.165, 1.54) is 18.3 Å². The molecule has 24 heavy (non-hydrogen) atoms. The SMILES string of the molecule is NC(N)=N/N=C/c1ccc(-c2cc(-c3ccc(F)cc3)on2)cc1. The minimum Gasteiger partial charge on any atom is -0.369 e. The van der Waals surface area contributed by atoms with Crippen LogP contribution in [0.25, 0.3) is 22.6 Å². The molecule has 7 heteroatoms. The van der Waals surface area contributed by atoms with E-state index in [0.717, 1.165) is 16.7 Å². The van der Waals surface area contributed by atoms with Crippen LogP contribution >= 0.6 is 0 Å². The summed E-state index contributed by atoms with van der Waals surface area (Å²) in [5.74, 6) is 0.179. The number of nitrogens with zero attached hydrogens (tertiary/aromatic N) is 3. The van der Waals surface area contributed by atoms with E-state index in [0.29, 0.717) is 11.5 Å². The van der Waals surface area contributed by atoms with Gasteiger partial charge in [0.05, 0.1) is 6.21 Å². The van der Waals surface area contributed by atoms with Gasteiger partial charge in [0.25, 0.3) is 0 Å². The summed E-state index contributed by atoms with van der Waals surface area (Å²) in [7, 11) is 0. The van der Waals surface area contributed by atoms with Crippen molar-refractivity contribution in [3.05, 3.63) is 66.0 Å². The van der Waals surface area contributed by atoms with Crippen molar-refractivity contribution in [2.75, 3.05) is 0 Å². The first-order valence-electron chi connectivity index (χ1n) is 7.07. The summed E-state index contributed by atoms with van der Waals surface area (Å²) < 4.78 is 18.3. The van der Waals surface area contributed by atoms with Crippen LogP contribution in [0.5, 0.6) is 0 Å². The Morgan fingerprint density at radius 3 is 2.33 bits per heavy atom. The quantitative estimate of drug-likeness (QED) is 0.438. The minimum absolute atomic E-state index is 0.0983. The second-order valence-corrected chi connectivity index (χ2v) is 4.97. The van der Waals surface area contributed by atoms with E-state index >= 15 is 0 Å². The van der Waals surface area contributed by atoms with Gasteiger partial charge in [0, 0.05) is 17.2 Å². The van der Waals surface area contributed by atoms with E-state index < -0.39 is 0 Å². The van der Waals surface area contributed by atoms with Crippen LogP contribution in [0.3, 0.4) is 0 Å². The zero-order valence-electron chi connectivity index (χ0n) is 12.6. The molecule has 0 amide bonds. The van der Waals surface area contributed by atoms with Crippen LogP contribution in [-0.4, -0.2) is 17.3 Å². The number of rotatable bonds is 4. The summed E-state index contributed by atoms with van der Waals surface area (Å²) in [6.45, 7) is 0. The van der Waals surface area contributed by atoms with E-state index in [9.17, 15) is 4.39 Å². The molecule has 3 aromatic rings. The molecule has 0 saturated heterocycles. The van der Waals surface area contributed by atoms with Crippen LogP contribution in [0.15, 0.2) is 69.3 Å². The number of aromatic nitrogens is 1. The van der Waals surface area contributed by atoms with Gasteiger partial charge >= 0.3 is 0 Å². The van der Waals surface area contributed by atoms with Gasteiger partial charge in [-0.15, -0.1) is 5.10 Å². The summed E-state index contributed by atoms with van der Waals surface area (Å²) in [6.07, 6.45) is 1.54. The predicted octanol–water partition coefficient (Wildman–Crippen LogP) is 2.76. The highest BCUT2D eigenvalue weighted by molar-refractivity contribution is 5.82. The Bertz CT molecular complexity index is 878. The monoisotopic (exact) mass is 323 g/mol. The highest BCUT2D eigenvalue weighted by Crippen LogP contribution is 2.26. The third-order valence-corrected chi connectivity index (χ3v) is 3.23. The highest BCUT2D eigenvalue weighted by Gasteiger charge is 2.08. The molecule has 3 rings (SSSR count). The average molecular weight is 323 g/mol. The molecule has 0 bridgehead atoms. The highest BCUT2D eigenvalue weighted by atomic mass is 19.1. The maximum Gasteiger partial charge on any atom is 0.211 e. The standard InChI is InChI=1S/C17H14FN5O/c18-14-7-5-13(6-8-14)16-9-15(23-24-16)12-3-1-11(2-4-12)10-21-22-17(19)20/h1-10H,(H4,19,20,22)/b21-10+. The molecular weight excluding hydrogens is 309 g/mol. The predicted molar refractivity (Wildman–Crippen MR) is 90.7 cm³/mol. The molecule has 0 atom stereocenters. The Hall–Kier alpha value is -3.48. The molecule has 6 nitrogen and oxygen atoms in total. The van der Waals surface area contributed by atoms with Crippen molar-refractivity contribution in [1.29, 1.82) is 0 Å². The molecular formula is C17H14FN5O. The first-order valence-corrected chi connectivity index (χ1v) is 7.07. The van der Waals surface area contributed by atoms with E-state index in [2.05, 4.69) is 15.4 Å². The van der Waals surface area contributed by atoms with Crippen LogP contribution in [0.2, 0.25) is 0 Å². The molecule has 0 aliphatic rings. The fourth-order valence-corrected chi connectivity index (χ4v) is 2.06. The van der Waals surface area contributed by atoms with Crippen molar-refractivity contribution in [2.24, 2.45) is 21.7 Å². The Labute approximate surface area is 137 Å². The smallest absolute Gasteiger partial charge is 0.211 e. The Balaban J connectivity index is 1.79. The first kappa shape index (κ1) is 15.4. The minimum atomic E-state index is -0.295. The Kier molecular flexibility index (Phi) is 4.33. The lowest BCUT2D eigenvalue weighted by Crippen LogP contribution is -2.21. The molecule has 1 aromatic heterocycles. The molecule has 0 radical (unpaired) electrons. The summed E-state index contributed by atoms with van der Waals surface area (Å²) in [5.41, 5.74) is 13.5. The van der Waals surface area contributed by atoms with Crippen molar-refractivity contribution in [3.8, 4) is 22.6 Å². The average Bonchev–Trinajstić information content (AvgIpc) is 3.06. The summed E-state index contributed by atoms with van der Waals surface area (Å²) >= 11 is 0. The zero-order valence-corrected chi connectivity index (χ0v) is 12.6. The maximum absolute atomic E-state index is 13.0. The second kappa shape index (κ2) is 6.74.